The Labute approximate surface area is 134 Å². The predicted molar refractivity (Wildman–Crippen MR) is 89.0 cm³/mol. The van der Waals surface area contributed by atoms with E-state index < -0.39 is 0 Å². The maximum atomic E-state index is 11.8. The van der Waals surface area contributed by atoms with Gasteiger partial charge in [0.2, 0.25) is 5.91 Å². The molecule has 0 atom stereocenters. The third-order valence-corrected chi connectivity index (χ3v) is 3.97. The van der Waals surface area contributed by atoms with Gasteiger partial charge in [-0.25, -0.2) is 4.98 Å². The summed E-state index contributed by atoms with van der Waals surface area (Å²) in [7, 11) is 2.04. The number of nitrogens with zero attached hydrogens (tertiary/aromatic N) is 3. The first-order valence-electron chi connectivity index (χ1n) is 7.89. The highest BCUT2D eigenvalue weighted by atomic mass is 16.1. The highest BCUT2D eigenvalue weighted by Gasteiger charge is 2.07. The third kappa shape index (κ3) is 3.77. The molecule has 0 bridgehead atoms. The van der Waals surface area contributed by atoms with Crippen molar-refractivity contribution in [2.45, 2.75) is 25.7 Å². The second kappa shape index (κ2) is 7.09. The molecule has 2 N–H and O–H groups in total. The van der Waals surface area contributed by atoms with Crippen molar-refractivity contribution in [3.63, 3.8) is 0 Å². The predicted octanol–water partition coefficient (Wildman–Crippen LogP) is 1.98. The maximum Gasteiger partial charge on any atom is 0.220 e. The third-order valence-electron chi connectivity index (χ3n) is 3.97. The zero-order valence-corrected chi connectivity index (χ0v) is 13.2. The summed E-state index contributed by atoms with van der Waals surface area (Å²) in [5, 5.41) is 9.58. The number of H-pyrrole nitrogens is 1. The van der Waals surface area contributed by atoms with Crippen LogP contribution in [0.3, 0.4) is 0 Å². The first-order chi connectivity index (χ1) is 11.2. The zero-order valence-electron chi connectivity index (χ0n) is 13.2. The first kappa shape index (κ1) is 15.3. The van der Waals surface area contributed by atoms with Crippen LogP contribution in [0.4, 0.5) is 0 Å². The van der Waals surface area contributed by atoms with Gasteiger partial charge in [-0.15, -0.1) is 0 Å². The standard InChI is InChI=1S/C17H21N5O/c1-22-15-6-3-2-5-14(15)21-16(22)7-4-10-18-17(23)9-8-13-11-19-20-12-13/h2-3,5-6,11-12H,4,7-10H2,1H3,(H,18,23)(H,19,20). The van der Waals surface area contributed by atoms with E-state index in [1.165, 1.54) is 0 Å². The van der Waals surface area contributed by atoms with E-state index in [2.05, 4.69) is 31.1 Å². The Balaban J connectivity index is 1.42. The number of rotatable bonds is 7. The van der Waals surface area contributed by atoms with Gasteiger partial charge in [0.1, 0.15) is 5.82 Å². The van der Waals surface area contributed by atoms with Crippen LogP contribution in [0.1, 0.15) is 24.2 Å². The van der Waals surface area contributed by atoms with Crippen molar-refractivity contribution in [2.75, 3.05) is 6.54 Å². The summed E-state index contributed by atoms with van der Waals surface area (Å²) in [6.45, 7) is 0.674. The number of aryl methyl sites for hydroxylation is 3. The van der Waals surface area contributed by atoms with E-state index >= 15 is 0 Å². The van der Waals surface area contributed by atoms with Gasteiger partial charge in [-0.1, -0.05) is 12.1 Å². The Morgan fingerprint density at radius 2 is 2.17 bits per heavy atom. The van der Waals surface area contributed by atoms with E-state index in [1.807, 2.05) is 31.4 Å². The van der Waals surface area contributed by atoms with Crippen LogP contribution in [0.25, 0.3) is 11.0 Å². The fourth-order valence-corrected chi connectivity index (χ4v) is 2.65. The number of benzene rings is 1. The minimum Gasteiger partial charge on any atom is -0.356 e. The van der Waals surface area contributed by atoms with Gasteiger partial charge < -0.3 is 9.88 Å². The van der Waals surface area contributed by atoms with Crippen LogP contribution in [0.15, 0.2) is 36.7 Å². The molecular weight excluding hydrogens is 290 g/mol. The van der Waals surface area contributed by atoms with Crippen molar-refractivity contribution in [2.24, 2.45) is 7.05 Å². The van der Waals surface area contributed by atoms with E-state index in [1.54, 1.807) is 6.20 Å². The number of para-hydroxylation sites is 2. The van der Waals surface area contributed by atoms with Gasteiger partial charge in [-0.2, -0.15) is 5.10 Å². The molecule has 3 rings (SSSR count). The van der Waals surface area contributed by atoms with Gasteiger partial charge in [0.05, 0.1) is 17.2 Å². The molecule has 23 heavy (non-hydrogen) atoms. The van der Waals surface area contributed by atoms with Crippen LogP contribution in [0.2, 0.25) is 0 Å². The molecule has 2 heterocycles. The fraction of sp³-hybridized carbons (Fsp3) is 0.353. The molecule has 0 radical (unpaired) electrons. The molecule has 0 spiro atoms. The average Bonchev–Trinajstić information content (AvgIpc) is 3.19. The van der Waals surface area contributed by atoms with E-state index in [9.17, 15) is 4.79 Å². The molecule has 1 amide bonds. The number of fused-ring (bicyclic) bond motifs is 1. The summed E-state index contributed by atoms with van der Waals surface area (Å²) >= 11 is 0. The molecule has 120 valence electrons. The summed E-state index contributed by atoms with van der Waals surface area (Å²) in [4.78, 5) is 16.4. The number of carbonyl (C=O) groups is 1. The van der Waals surface area contributed by atoms with Gasteiger partial charge in [0.15, 0.2) is 0 Å². The summed E-state index contributed by atoms with van der Waals surface area (Å²) < 4.78 is 2.12. The lowest BCUT2D eigenvalue weighted by molar-refractivity contribution is -0.121. The lowest BCUT2D eigenvalue weighted by Crippen LogP contribution is -2.25. The number of aromatic amines is 1. The monoisotopic (exact) mass is 311 g/mol. The minimum absolute atomic E-state index is 0.0798. The molecule has 0 aliphatic heterocycles. The summed E-state index contributed by atoms with van der Waals surface area (Å²) in [6.07, 6.45) is 6.51. The fourth-order valence-electron chi connectivity index (χ4n) is 2.65. The second-order valence-electron chi connectivity index (χ2n) is 5.64. The molecule has 0 saturated heterocycles. The van der Waals surface area contributed by atoms with Gasteiger partial charge in [-0.05, 0) is 30.5 Å². The van der Waals surface area contributed by atoms with Crippen molar-refractivity contribution < 1.29 is 4.79 Å². The van der Waals surface area contributed by atoms with Crippen molar-refractivity contribution in [1.29, 1.82) is 0 Å². The zero-order chi connectivity index (χ0) is 16.1. The summed E-state index contributed by atoms with van der Waals surface area (Å²) in [6, 6.07) is 8.12. The van der Waals surface area contributed by atoms with E-state index in [-0.39, 0.29) is 5.91 Å². The highest BCUT2D eigenvalue weighted by molar-refractivity contribution is 5.76. The number of hydrogen-bond acceptors (Lipinski definition) is 3. The Morgan fingerprint density at radius 1 is 1.30 bits per heavy atom. The van der Waals surface area contributed by atoms with Crippen LogP contribution in [0.5, 0.6) is 0 Å². The largest absolute Gasteiger partial charge is 0.356 e. The lowest BCUT2D eigenvalue weighted by atomic mass is 10.2. The van der Waals surface area contributed by atoms with Crippen molar-refractivity contribution in [3.8, 4) is 0 Å². The Bertz CT molecular complexity index is 775. The smallest absolute Gasteiger partial charge is 0.220 e. The Kier molecular flexibility index (Phi) is 4.71. The number of aromatic nitrogens is 4. The maximum absolute atomic E-state index is 11.8. The van der Waals surface area contributed by atoms with E-state index in [0.29, 0.717) is 19.4 Å². The minimum atomic E-state index is 0.0798. The molecule has 3 aromatic rings. The number of imidazole rings is 1. The molecule has 1 aromatic carbocycles. The molecule has 0 saturated carbocycles. The molecule has 0 unspecified atom stereocenters. The number of hydrogen-bond donors (Lipinski definition) is 2. The number of carbonyl (C=O) groups excluding carboxylic acids is 1. The molecule has 6 heteroatoms. The summed E-state index contributed by atoms with van der Waals surface area (Å²) in [5.74, 6) is 1.13. The van der Waals surface area contributed by atoms with E-state index in [4.69, 9.17) is 0 Å². The molecular formula is C17H21N5O. The molecule has 0 aliphatic carbocycles. The quantitative estimate of drug-likeness (QED) is 0.655. The molecule has 0 fully saturated rings. The van der Waals surface area contributed by atoms with Gasteiger partial charge in [0, 0.05) is 32.6 Å². The number of amides is 1. The van der Waals surface area contributed by atoms with E-state index in [0.717, 1.165) is 35.3 Å². The van der Waals surface area contributed by atoms with Crippen molar-refractivity contribution in [3.05, 3.63) is 48.0 Å². The van der Waals surface area contributed by atoms with Gasteiger partial charge in [0.25, 0.3) is 0 Å². The van der Waals surface area contributed by atoms with Gasteiger partial charge in [-0.3, -0.25) is 9.89 Å². The van der Waals surface area contributed by atoms with Crippen molar-refractivity contribution in [1.82, 2.24) is 25.1 Å². The molecule has 6 nitrogen and oxygen atoms in total. The van der Waals surface area contributed by atoms with Crippen LogP contribution in [-0.4, -0.2) is 32.2 Å². The normalized spacial score (nSPS) is 11.0. The molecule has 0 aliphatic rings. The van der Waals surface area contributed by atoms with Crippen molar-refractivity contribution >= 4 is 16.9 Å². The number of nitrogens with one attached hydrogen (secondary N) is 2. The Morgan fingerprint density at radius 3 is 2.96 bits per heavy atom. The van der Waals surface area contributed by atoms with Crippen LogP contribution in [-0.2, 0) is 24.7 Å². The highest BCUT2D eigenvalue weighted by Crippen LogP contribution is 2.14. The van der Waals surface area contributed by atoms with Gasteiger partial charge >= 0.3 is 0 Å². The van der Waals surface area contributed by atoms with Crippen LogP contribution in [0, 0.1) is 0 Å². The first-order valence-corrected chi connectivity index (χ1v) is 7.89. The van der Waals surface area contributed by atoms with Crippen LogP contribution < -0.4 is 5.32 Å². The molecule has 2 aromatic heterocycles. The van der Waals surface area contributed by atoms with Crippen LogP contribution >= 0.6 is 0 Å². The summed E-state index contributed by atoms with van der Waals surface area (Å²) in [5.41, 5.74) is 3.22. The lowest BCUT2D eigenvalue weighted by Gasteiger charge is -2.05. The topological polar surface area (TPSA) is 75.6 Å². The Hall–Kier alpha value is -2.63. The average molecular weight is 311 g/mol. The second-order valence-corrected chi connectivity index (χ2v) is 5.64. The SMILES string of the molecule is Cn1c(CCCNC(=O)CCc2cn[nH]c2)nc2ccccc21.